The van der Waals surface area contributed by atoms with Gasteiger partial charge in [-0.2, -0.15) is 9.29 Å². The van der Waals surface area contributed by atoms with Crippen molar-refractivity contribution in [1.82, 2.24) is 14.4 Å². The molecule has 3 aromatic rings. The number of aromatic nitrogens is 2. The molecule has 2 aliphatic rings. The van der Waals surface area contributed by atoms with Gasteiger partial charge < -0.3 is 9.26 Å². The van der Waals surface area contributed by atoms with Crippen molar-refractivity contribution in [2.75, 3.05) is 18.1 Å². The molecule has 9 nitrogen and oxygen atoms in total. The molecule has 0 bridgehead atoms. The summed E-state index contributed by atoms with van der Waals surface area (Å²) in [6, 6.07) is 10.6. The summed E-state index contributed by atoms with van der Waals surface area (Å²) in [7, 11) is -3.88. The van der Waals surface area contributed by atoms with Gasteiger partial charge in [0, 0.05) is 26.1 Å². The molecule has 1 amide bonds. The monoisotopic (exact) mass is 474 g/mol. The molecule has 2 aliphatic heterocycles. The molecule has 2 aromatic carbocycles. The number of anilines is 1. The van der Waals surface area contributed by atoms with Gasteiger partial charge in [0.05, 0.1) is 17.3 Å². The number of amides is 1. The van der Waals surface area contributed by atoms with E-state index in [9.17, 15) is 13.2 Å². The van der Waals surface area contributed by atoms with E-state index in [2.05, 4.69) is 10.1 Å². The van der Waals surface area contributed by atoms with Crippen LogP contribution in [0.1, 0.15) is 22.8 Å². The summed E-state index contributed by atoms with van der Waals surface area (Å²) in [6.07, 6.45) is 0.626. The van der Waals surface area contributed by atoms with Crippen LogP contribution in [0.5, 0.6) is 5.75 Å². The summed E-state index contributed by atoms with van der Waals surface area (Å²) < 4.78 is 38.8. The minimum Gasteiger partial charge on any atom is -0.482 e. The number of aryl methyl sites for hydroxylation is 1. The van der Waals surface area contributed by atoms with Crippen LogP contribution in [-0.4, -0.2) is 41.9 Å². The van der Waals surface area contributed by atoms with E-state index in [-0.39, 0.29) is 41.3 Å². The highest BCUT2D eigenvalue weighted by Crippen LogP contribution is 2.40. The molecule has 11 heteroatoms. The van der Waals surface area contributed by atoms with Crippen LogP contribution in [-0.2, 0) is 34.3 Å². The molecule has 5 rings (SSSR count). The lowest BCUT2D eigenvalue weighted by Crippen LogP contribution is -2.39. The average Bonchev–Trinajstić information content (AvgIpc) is 3.19. The van der Waals surface area contributed by atoms with Gasteiger partial charge in [-0.1, -0.05) is 41.0 Å². The van der Waals surface area contributed by atoms with Crippen LogP contribution in [0.3, 0.4) is 0 Å². The first-order valence-electron chi connectivity index (χ1n) is 9.96. The van der Waals surface area contributed by atoms with Crippen LogP contribution >= 0.6 is 11.6 Å². The SMILES string of the molecule is Cc1nc(CN2C(=O)COc3cc(S(=O)(=O)N4CCc5ccccc5C4)c(Cl)cc32)no1. The molecular formula is C21H19ClN4O5S. The fourth-order valence-corrected chi connectivity index (χ4v) is 5.87. The molecule has 0 N–H and O–H groups in total. The normalized spacial score (nSPS) is 16.4. The van der Waals surface area contributed by atoms with Gasteiger partial charge in [-0.05, 0) is 23.6 Å². The standard InChI is InChI=1S/C21H19ClN4O5S/c1-13-23-20(24-31-13)11-26-17-8-16(22)19(9-18(17)30-12-21(26)27)32(28,29)25-7-6-14-4-2-3-5-15(14)10-25/h2-5,8-9H,6-7,10-12H2,1H3. The third-order valence-corrected chi connectivity index (χ3v) is 7.85. The smallest absolute Gasteiger partial charge is 0.265 e. The molecule has 0 radical (unpaired) electrons. The Balaban J connectivity index is 1.48. The molecule has 0 unspecified atom stereocenters. The Morgan fingerprint density at radius 3 is 2.72 bits per heavy atom. The first-order chi connectivity index (χ1) is 15.3. The van der Waals surface area contributed by atoms with Crippen LogP contribution < -0.4 is 9.64 Å². The van der Waals surface area contributed by atoms with Gasteiger partial charge in [-0.3, -0.25) is 9.69 Å². The first kappa shape index (κ1) is 20.9. The van der Waals surface area contributed by atoms with Gasteiger partial charge in [-0.15, -0.1) is 0 Å². The number of hydrogen-bond donors (Lipinski definition) is 0. The first-order valence-corrected chi connectivity index (χ1v) is 11.8. The van der Waals surface area contributed by atoms with Gasteiger partial charge in [0.15, 0.2) is 12.4 Å². The molecule has 32 heavy (non-hydrogen) atoms. The van der Waals surface area contributed by atoms with Gasteiger partial charge in [0.1, 0.15) is 10.6 Å². The molecule has 3 heterocycles. The number of hydrogen-bond acceptors (Lipinski definition) is 7. The molecule has 0 spiro atoms. The highest BCUT2D eigenvalue weighted by Gasteiger charge is 2.34. The third-order valence-electron chi connectivity index (χ3n) is 5.54. The Hall–Kier alpha value is -2.95. The lowest BCUT2D eigenvalue weighted by atomic mass is 10.0. The van der Waals surface area contributed by atoms with E-state index in [1.54, 1.807) is 6.92 Å². The zero-order valence-corrected chi connectivity index (χ0v) is 18.7. The Kier molecular flexibility index (Phi) is 5.15. The second-order valence-electron chi connectivity index (χ2n) is 7.61. The van der Waals surface area contributed by atoms with Crippen molar-refractivity contribution in [3.05, 3.63) is 64.3 Å². The van der Waals surface area contributed by atoms with Crippen molar-refractivity contribution < 1.29 is 22.5 Å². The quantitative estimate of drug-likeness (QED) is 0.572. The third kappa shape index (κ3) is 3.64. The van der Waals surface area contributed by atoms with Crippen molar-refractivity contribution in [2.45, 2.75) is 31.3 Å². The van der Waals surface area contributed by atoms with Crippen molar-refractivity contribution in [3.8, 4) is 5.75 Å². The highest BCUT2D eigenvalue weighted by atomic mass is 35.5. The van der Waals surface area contributed by atoms with Crippen LogP contribution in [0.4, 0.5) is 5.69 Å². The lowest BCUT2D eigenvalue weighted by molar-refractivity contribution is -0.121. The van der Waals surface area contributed by atoms with E-state index in [0.29, 0.717) is 30.4 Å². The summed E-state index contributed by atoms with van der Waals surface area (Å²) in [6.45, 7) is 2.10. The topological polar surface area (TPSA) is 106 Å². The van der Waals surface area contributed by atoms with Crippen LogP contribution in [0, 0.1) is 6.92 Å². The fourth-order valence-electron chi connectivity index (χ4n) is 3.93. The number of halogens is 1. The Morgan fingerprint density at radius 1 is 1.19 bits per heavy atom. The number of fused-ring (bicyclic) bond motifs is 2. The maximum Gasteiger partial charge on any atom is 0.265 e. The fraction of sp³-hybridized carbons (Fsp3) is 0.286. The van der Waals surface area contributed by atoms with E-state index >= 15 is 0 Å². The number of carbonyl (C=O) groups is 1. The molecule has 1 aromatic heterocycles. The van der Waals surface area contributed by atoms with Crippen LogP contribution in [0.15, 0.2) is 45.8 Å². The lowest BCUT2D eigenvalue weighted by Gasteiger charge is -2.31. The van der Waals surface area contributed by atoms with Gasteiger partial charge in [-0.25, -0.2) is 8.42 Å². The van der Waals surface area contributed by atoms with E-state index in [1.165, 1.54) is 21.3 Å². The van der Waals surface area contributed by atoms with E-state index in [1.807, 2.05) is 24.3 Å². The minimum absolute atomic E-state index is 0.00945. The van der Waals surface area contributed by atoms with Crippen LogP contribution in [0.25, 0.3) is 0 Å². The van der Waals surface area contributed by atoms with Crippen molar-refractivity contribution in [3.63, 3.8) is 0 Å². The number of sulfonamides is 1. The number of benzene rings is 2. The maximum atomic E-state index is 13.4. The zero-order valence-electron chi connectivity index (χ0n) is 17.1. The summed E-state index contributed by atoms with van der Waals surface area (Å²) in [5.41, 5.74) is 2.47. The largest absolute Gasteiger partial charge is 0.482 e. The molecule has 0 saturated carbocycles. The van der Waals surface area contributed by atoms with Crippen molar-refractivity contribution >= 4 is 33.2 Å². The maximum absolute atomic E-state index is 13.4. The molecule has 166 valence electrons. The minimum atomic E-state index is -3.88. The zero-order chi connectivity index (χ0) is 22.5. The predicted octanol–water partition coefficient (Wildman–Crippen LogP) is 2.70. The van der Waals surface area contributed by atoms with Crippen LogP contribution in [0.2, 0.25) is 5.02 Å². The van der Waals surface area contributed by atoms with E-state index in [4.69, 9.17) is 20.9 Å². The number of nitrogens with zero attached hydrogens (tertiary/aromatic N) is 4. The van der Waals surface area contributed by atoms with Gasteiger partial charge in [0.25, 0.3) is 5.91 Å². The van der Waals surface area contributed by atoms with Crippen molar-refractivity contribution in [1.29, 1.82) is 0 Å². The average molecular weight is 475 g/mol. The molecule has 0 aliphatic carbocycles. The molecule has 0 atom stereocenters. The van der Waals surface area contributed by atoms with Gasteiger partial charge in [0.2, 0.25) is 15.9 Å². The summed E-state index contributed by atoms with van der Waals surface area (Å²) >= 11 is 6.44. The number of rotatable bonds is 4. The predicted molar refractivity (Wildman–Crippen MR) is 115 cm³/mol. The second kappa shape index (κ2) is 7.88. The summed E-state index contributed by atoms with van der Waals surface area (Å²) in [5.74, 6) is 0.636. The Labute approximate surface area is 189 Å². The Bertz CT molecular complexity index is 1320. The van der Waals surface area contributed by atoms with E-state index in [0.717, 1.165) is 11.1 Å². The Morgan fingerprint density at radius 2 is 1.97 bits per heavy atom. The molecule has 0 saturated heterocycles. The summed E-state index contributed by atoms with van der Waals surface area (Å²) in [5, 5.41) is 3.83. The number of ether oxygens (including phenoxy) is 1. The van der Waals surface area contributed by atoms with Gasteiger partial charge >= 0.3 is 0 Å². The summed E-state index contributed by atoms with van der Waals surface area (Å²) in [4.78, 5) is 17.9. The van der Waals surface area contributed by atoms with E-state index < -0.39 is 10.0 Å². The molecular weight excluding hydrogens is 456 g/mol. The second-order valence-corrected chi connectivity index (χ2v) is 9.92. The molecule has 0 fully saturated rings. The van der Waals surface area contributed by atoms with Crippen molar-refractivity contribution in [2.24, 2.45) is 0 Å². The highest BCUT2D eigenvalue weighted by molar-refractivity contribution is 7.89. The number of carbonyl (C=O) groups excluding carboxylic acids is 1.